The molecule has 31 heavy (non-hydrogen) atoms. The number of aromatic nitrogens is 2. The molecule has 8 heteroatoms. The van der Waals surface area contributed by atoms with Crippen molar-refractivity contribution < 1.29 is 13.2 Å². The molecular formula is C23H28N4O3S. The Kier molecular flexibility index (Phi) is 6.62. The summed E-state index contributed by atoms with van der Waals surface area (Å²) < 4.78 is 28.7. The molecule has 0 radical (unpaired) electrons. The molecule has 0 saturated carbocycles. The van der Waals surface area contributed by atoms with Gasteiger partial charge in [-0.1, -0.05) is 26.0 Å². The Bertz CT molecular complexity index is 1190. The van der Waals surface area contributed by atoms with Crippen LogP contribution in [0.4, 0.5) is 5.82 Å². The van der Waals surface area contributed by atoms with Gasteiger partial charge < -0.3 is 5.32 Å². The summed E-state index contributed by atoms with van der Waals surface area (Å²) in [5.41, 5.74) is 4.05. The highest BCUT2D eigenvalue weighted by atomic mass is 32.2. The number of sulfonamides is 1. The van der Waals surface area contributed by atoms with Crippen LogP contribution >= 0.6 is 0 Å². The maximum Gasteiger partial charge on any atom is 0.256 e. The second-order valence-electron chi connectivity index (χ2n) is 7.50. The molecule has 0 spiro atoms. The highest BCUT2D eigenvalue weighted by Crippen LogP contribution is 2.22. The molecule has 0 atom stereocenters. The van der Waals surface area contributed by atoms with Crippen molar-refractivity contribution in [3.8, 4) is 5.69 Å². The standard InChI is InChI=1S/C23H28N4O3S/c1-6-26(7-2)31(29,30)21-10-8-9-19(15-21)23(28)24-22-14-18(5)25-27(22)20-12-16(3)11-17(4)13-20/h8-15H,6-7H2,1-5H3,(H,24,28). The van der Waals surface area contributed by atoms with Crippen LogP contribution in [-0.4, -0.2) is 41.5 Å². The number of carbonyl (C=O) groups excluding carboxylic acids is 1. The zero-order valence-corrected chi connectivity index (χ0v) is 19.3. The SMILES string of the molecule is CCN(CC)S(=O)(=O)c1cccc(C(=O)Nc2cc(C)nn2-c2cc(C)cc(C)c2)c1. The van der Waals surface area contributed by atoms with E-state index in [2.05, 4.69) is 16.5 Å². The molecule has 1 heterocycles. The number of hydrogen-bond donors (Lipinski definition) is 1. The number of nitrogens with one attached hydrogen (secondary N) is 1. The Hall–Kier alpha value is -2.97. The number of carbonyl (C=O) groups is 1. The average molecular weight is 441 g/mol. The summed E-state index contributed by atoms with van der Waals surface area (Å²) >= 11 is 0. The summed E-state index contributed by atoms with van der Waals surface area (Å²) in [6.07, 6.45) is 0. The predicted octanol–water partition coefficient (Wildman–Crippen LogP) is 4.08. The zero-order chi connectivity index (χ0) is 22.8. The first-order chi connectivity index (χ1) is 14.6. The maximum atomic E-state index is 13.0. The Labute approximate surface area is 183 Å². The molecule has 0 aliphatic rings. The molecule has 0 unspecified atom stereocenters. The molecule has 1 N–H and O–H groups in total. The van der Waals surface area contributed by atoms with Gasteiger partial charge in [-0.3, -0.25) is 4.79 Å². The van der Waals surface area contributed by atoms with Crippen LogP contribution in [-0.2, 0) is 10.0 Å². The summed E-state index contributed by atoms with van der Waals surface area (Å²) in [7, 11) is -3.65. The number of benzene rings is 2. The molecule has 1 aromatic heterocycles. The van der Waals surface area contributed by atoms with E-state index in [1.165, 1.54) is 16.4 Å². The van der Waals surface area contributed by atoms with Crippen LogP contribution in [0.15, 0.2) is 53.4 Å². The van der Waals surface area contributed by atoms with Gasteiger partial charge in [-0.05, 0) is 62.2 Å². The minimum absolute atomic E-state index is 0.0999. The Morgan fingerprint density at radius 1 is 1.00 bits per heavy atom. The third kappa shape index (κ3) is 4.86. The van der Waals surface area contributed by atoms with Crippen LogP contribution in [0.1, 0.15) is 41.0 Å². The summed E-state index contributed by atoms with van der Waals surface area (Å²) in [5, 5.41) is 7.39. The normalized spacial score (nSPS) is 11.7. The fourth-order valence-electron chi connectivity index (χ4n) is 3.56. The number of amides is 1. The van der Waals surface area contributed by atoms with Crippen molar-refractivity contribution in [2.24, 2.45) is 0 Å². The number of anilines is 1. The van der Waals surface area contributed by atoms with Gasteiger partial charge in [0.05, 0.1) is 16.3 Å². The first-order valence-electron chi connectivity index (χ1n) is 10.2. The zero-order valence-electron chi connectivity index (χ0n) is 18.5. The van der Waals surface area contributed by atoms with Crippen molar-refractivity contribution >= 4 is 21.7 Å². The van der Waals surface area contributed by atoms with E-state index < -0.39 is 15.9 Å². The molecule has 7 nitrogen and oxygen atoms in total. The van der Waals surface area contributed by atoms with E-state index in [0.717, 1.165) is 22.5 Å². The van der Waals surface area contributed by atoms with E-state index in [9.17, 15) is 13.2 Å². The van der Waals surface area contributed by atoms with Crippen molar-refractivity contribution in [1.29, 1.82) is 0 Å². The topological polar surface area (TPSA) is 84.3 Å². The molecule has 0 aliphatic carbocycles. The van der Waals surface area contributed by atoms with Crippen molar-refractivity contribution in [2.75, 3.05) is 18.4 Å². The molecular weight excluding hydrogens is 412 g/mol. The second kappa shape index (κ2) is 9.03. The highest BCUT2D eigenvalue weighted by Gasteiger charge is 2.23. The Morgan fingerprint density at radius 3 is 2.26 bits per heavy atom. The van der Waals surface area contributed by atoms with Crippen LogP contribution in [0.5, 0.6) is 0 Å². The minimum Gasteiger partial charge on any atom is -0.306 e. The van der Waals surface area contributed by atoms with E-state index in [1.54, 1.807) is 36.7 Å². The molecule has 0 saturated heterocycles. The molecule has 2 aromatic carbocycles. The minimum atomic E-state index is -3.65. The molecule has 3 aromatic rings. The van der Waals surface area contributed by atoms with E-state index >= 15 is 0 Å². The maximum absolute atomic E-state index is 13.0. The van der Waals surface area contributed by atoms with Crippen LogP contribution < -0.4 is 5.32 Å². The third-order valence-electron chi connectivity index (χ3n) is 4.96. The van der Waals surface area contributed by atoms with Gasteiger partial charge in [0.15, 0.2) is 0 Å². The number of rotatable bonds is 7. The Morgan fingerprint density at radius 2 is 1.65 bits per heavy atom. The van der Waals surface area contributed by atoms with Crippen LogP contribution in [0.2, 0.25) is 0 Å². The van der Waals surface area contributed by atoms with Crippen LogP contribution in [0.3, 0.4) is 0 Å². The quantitative estimate of drug-likeness (QED) is 0.600. The Balaban J connectivity index is 1.93. The van der Waals surface area contributed by atoms with Gasteiger partial charge in [-0.25, -0.2) is 13.1 Å². The molecule has 164 valence electrons. The molecule has 3 rings (SSSR count). The largest absolute Gasteiger partial charge is 0.306 e. The molecule has 0 aliphatic heterocycles. The van der Waals surface area contributed by atoms with Gasteiger partial charge in [0.1, 0.15) is 5.82 Å². The van der Waals surface area contributed by atoms with Gasteiger partial charge >= 0.3 is 0 Å². The monoisotopic (exact) mass is 440 g/mol. The van der Waals surface area contributed by atoms with E-state index in [1.807, 2.05) is 32.9 Å². The fourth-order valence-corrected chi connectivity index (χ4v) is 5.06. The van der Waals surface area contributed by atoms with Crippen LogP contribution in [0.25, 0.3) is 5.69 Å². The lowest BCUT2D eigenvalue weighted by molar-refractivity contribution is 0.102. The number of aryl methyl sites for hydroxylation is 3. The first kappa shape index (κ1) is 22.7. The lowest BCUT2D eigenvalue weighted by Crippen LogP contribution is -2.30. The van der Waals surface area contributed by atoms with Gasteiger partial charge in [0, 0.05) is 24.7 Å². The van der Waals surface area contributed by atoms with Crippen molar-refractivity contribution in [3.05, 3.63) is 70.9 Å². The predicted molar refractivity (Wildman–Crippen MR) is 122 cm³/mol. The lowest BCUT2D eigenvalue weighted by atomic mass is 10.1. The van der Waals surface area contributed by atoms with E-state index in [4.69, 9.17) is 0 Å². The summed E-state index contributed by atoms with van der Waals surface area (Å²) in [5.74, 6) is 0.117. The summed E-state index contributed by atoms with van der Waals surface area (Å²) in [4.78, 5) is 13.1. The van der Waals surface area contributed by atoms with Gasteiger partial charge in [-0.2, -0.15) is 9.40 Å². The van der Waals surface area contributed by atoms with E-state index in [-0.39, 0.29) is 10.5 Å². The first-order valence-corrected chi connectivity index (χ1v) is 11.7. The molecule has 1 amide bonds. The van der Waals surface area contributed by atoms with E-state index in [0.29, 0.717) is 18.9 Å². The third-order valence-corrected chi connectivity index (χ3v) is 7.01. The summed E-state index contributed by atoms with van der Waals surface area (Å²) in [6, 6.07) is 13.9. The molecule has 0 fully saturated rings. The van der Waals surface area contributed by atoms with Crippen molar-refractivity contribution in [1.82, 2.24) is 14.1 Å². The van der Waals surface area contributed by atoms with Gasteiger partial charge in [0.2, 0.25) is 10.0 Å². The van der Waals surface area contributed by atoms with Gasteiger partial charge in [0.25, 0.3) is 5.91 Å². The smallest absolute Gasteiger partial charge is 0.256 e. The number of nitrogens with zero attached hydrogens (tertiary/aromatic N) is 3. The lowest BCUT2D eigenvalue weighted by Gasteiger charge is -2.18. The van der Waals surface area contributed by atoms with Crippen LogP contribution in [0, 0.1) is 20.8 Å². The average Bonchev–Trinajstić information content (AvgIpc) is 3.08. The summed E-state index contributed by atoms with van der Waals surface area (Å²) in [6.45, 7) is 10.2. The highest BCUT2D eigenvalue weighted by molar-refractivity contribution is 7.89. The fraction of sp³-hybridized carbons (Fsp3) is 0.304. The number of hydrogen-bond acceptors (Lipinski definition) is 4. The van der Waals surface area contributed by atoms with Gasteiger partial charge in [-0.15, -0.1) is 0 Å². The van der Waals surface area contributed by atoms with Crippen molar-refractivity contribution in [2.45, 2.75) is 39.5 Å². The molecule has 0 bridgehead atoms. The second-order valence-corrected chi connectivity index (χ2v) is 9.44. The van der Waals surface area contributed by atoms with Crippen molar-refractivity contribution in [3.63, 3.8) is 0 Å².